The molecule has 0 heterocycles. The van der Waals surface area contributed by atoms with Gasteiger partial charge in [-0.15, -0.1) is 0 Å². The van der Waals surface area contributed by atoms with Gasteiger partial charge in [-0.2, -0.15) is 0 Å². The Hall–Kier alpha value is -2.91. The number of carbonyl (C=O) groups excluding carboxylic acids is 1. The van der Waals surface area contributed by atoms with E-state index in [9.17, 15) is 9.90 Å². The number of carbonyl (C=O) groups is 1. The molecule has 0 fully saturated rings. The molecule has 3 rings (SSSR count). The maximum atomic E-state index is 12.9. The van der Waals surface area contributed by atoms with Crippen LogP contribution in [0.3, 0.4) is 0 Å². The van der Waals surface area contributed by atoms with Gasteiger partial charge in [0.05, 0.1) is 6.10 Å². The first kappa shape index (κ1) is 18.9. The zero-order chi connectivity index (χ0) is 18.9. The SMILES string of the molecule is O=C(CC[C@H](O)c1ccccc1)N(Cc1ccccc1)Cc1ccccc1. The Morgan fingerprint density at radius 1 is 0.741 bits per heavy atom. The van der Waals surface area contributed by atoms with Gasteiger partial charge in [-0.1, -0.05) is 91.0 Å². The Morgan fingerprint density at radius 2 is 1.19 bits per heavy atom. The predicted molar refractivity (Wildman–Crippen MR) is 108 cm³/mol. The van der Waals surface area contributed by atoms with E-state index in [0.29, 0.717) is 25.9 Å². The number of rotatable bonds is 8. The Labute approximate surface area is 160 Å². The summed E-state index contributed by atoms with van der Waals surface area (Å²) in [7, 11) is 0. The van der Waals surface area contributed by atoms with E-state index in [1.807, 2.05) is 95.9 Å². The normalized spacial score (nSPS) is 11.7. The van der Waals surface area contributed by atoms with Gasteiger partial charge < -0.3 is 10.0 Å². The summed E-state index contributed by atoms with van der Waals surface area (Å²) in [6, 6.07) is 29.5. The molecule has 0 aliphatic rings. The smallest absolute Gasteiger partial charge is 0.223 e. The van der Waals surface area contributed by atoms with E-state index in [4.69, 9.17) is 0 Å². The Bertz CT molecular complexity index is 777. The largest absolute Gasteiger partial charge is 0.388 e. The average molecular weight is 359 g/mol. The fourth-order valence-corrected chi connectivity index (χ4v) is 3.10. The first-order valence-corrected chi connectivity index (χ1v) is 9.31. The van der Waals surface area contributed by atoms with Crippen LogP contribution in [0.25, 0.3) is 0 Å². The van der Waals surface area contributed by atoms with Crippen LogP contribution in [0, 0.1) is 0 Å². The molecule has 0 aromatic heterocycles. The van der Waals surface area contributed by atoms with Crippen LogP contribution in [0.2, 0.25) is 0 Å². The lowest BCUT2D eigenvalue weighted by atomic mass is 10.0. The number of amides is 1. The van der Waals surface area contributed by atoms with Gasteiger partial charge in [0, 0.05) is 19.5 Å². The third-order valence-electron chi connectivity index (χ3n) is 4.60. The second kappa shape index (κ2) is 9.70. The van der Waals surface area contributed by atoms with Crippen molar-refractivity contribution in [3.63, 3.8) is 0 Å². The molecule has 0 unspecified atom stereocenters. The van der Waals surface area contributed by atoms with Crippen LogP contribution >= 0.6 is 0 Å². The van der Waals surface area contributed by atoms with Crippen LogP contribution in [0.4, 0.5) is 0 Å². The van der Waals surface area contributed by atoms with E-state index in [1.54, 1.807) is 0 Å². The highest BCUT2D eigenvalue weighted by molar-refractivity contribution is 5.76. The third-order valence-corrected chi connectivity index (χ3v) is 4.60. The van der Waals surface area contributed by atoms with Crippen LogP contribution in [-0.2, 0) is 17.9 Å². The molecule has 0 aliphatic carbocycles. The summed E-state index contributed by atoms with van der Waals surface area (Å²) in [5.41, 5.74) is 3.05. The van der Waals surface area contributed by atoms with Gasteiger partial charge in [0.15, 0.2) is 0 Å². The molecule has 0 saturated carbocycles. The summed E-state index contributed by atoms with van der Waals surface area (Å²) in [5.74, 6) is 0.0534. The van der Waals surface area contributed by atoms with E-state index in [-0.39, 0.29) is 5.91 Å². The van der Waals surface area contributed by atoms with Gasteiger partial charge >= 0.3 is 0 Å². The molecule has 3 aromatic carbocycles. The molecule has 3 nitrogen and oxygen atoms in total. The second-order valence-corrected chi connectivity index (χ2v) is 6.69. The molecule has 138 valence electrons. The zero-order valence-corrected chi connectivity index (χ0v) is 15.4. The Morgan fingerprint density at radius 3 is 1.67 bits per heavy atom. The number of aliphatic hydroxyl groups excluding tert-OH is 1. The van der Waals surface area contributed by atoms with Gasteiger partial charge in [0.1, 0.15) is 0 Å². The minimum absolute atomic E-state index is 0.0534. The number of hydrogen-bond donors (Lipinski definition) is 1. The second-order valence-electron chi connectivity index (χ2n) is 6.69. The quantitative estimate of drug-likeness (QED) is 0.632. The minimum atomic E-state index is -0.620. The fourth-order valence-electron chi connectivity index (χ4n) is 3.10. The maximum Gasteiger partial charge on any atom is 0.223 e. The van der Waals surface area contributed by atoms with Crippen LogP contribution in [0.15, 0.2) is 91.0 Å². The van der Waals surface area contributed by atoms with E-state index in [0.717, 1.165) is 16.7 Å². The number of aliphatic hydroxyl groups is 1. The molecule has 27 heavy (non-hydrogen) atoms. The van der Waals surface area contributed by atoms with Crippen LogP contribution in [0.1, 0.15) is 35.6 Å². The Balaban J connectivity index is 1.66. The van der Waals surface area contributed by atoms with Crippen molar-refractivity contribution in [2.24, 2.45) is 0 Å². The highest BCUT2D eigenvalue weighted by atomic mass is 16.3. The molecule has 1 N–H and O–H groups in total. The van der Waals surface area contributed by atoms with Crippen LogP contribution < -0.4 is 0 Å². The first-order valence-electron chi connectivity index (χ1n) is 9.31. The van der Waals surface area contributed by atoms with E-state index < -0.39 is 6.10 Å². The van der Waals surface area contributed by atoms with Crippen molar-refractivity contribution in [1.82, 2.24) is 4.90 Å². The summed E-state index contributed by atoms with van der Waals surface area (Å²) >= 11 is 0. The molecular weight excluding hydrogens is 334 g/mol. The molecule has 0 spiro atoms. The average Bonchev–Trinajstić information content (AvgIpc) is 2.73. The summed E-state index contributed by atoms with van der Waals surface area (Å²) in [6.45, 7) is 1.13. The van der Waals surface area contributed by atoms with Gasteiger partial charge in [-0.3, -0.25) is 4.79 Å². The molecule has 3 heteroatoms. The summed E-state index contributed by atoms with van der Waals surface area (Å²) in [4.78, 5) is 14.8. The monoisotopic (exact) mass is 359 g/mol. The molecule has 1 amide bonds. The summed E-state index contributed by atoms with van der Waals surface area (Å²) in [5, 5.41) is 10.4. The van der Waals surface area contributed by atoms with Crippen molar-refractivity contribution in [1.29, 1.82) is 0 Å². The van der Waals surface area contributed by atoms with Crippen molar-refractivity contribution in [3.05, 3.63) is 108 Å². The van der Waals surface area contributed by atoms with Crippen molar-refractivity contribution in [2.75, 3.05) is 0 Å². The van der Waals surface area contributed by atoms with Crippen molar-refractivity contribution < 1.29 is 9.90 Å². The van der Waals surface area contributed by atoms with Gasteiger partial charge in [-0.05, 0) is 23.1 Å². The number of benzene rings is 3. The van der Waals surface area contributed by atoms with Gasteiger partial charge in [0.25, 0.3) is 0 Å². The van der Waals surface area contributed by atoms with Gasteiger partial charge in [0.2, 0.25) is 5.91 Å². The first-order chi connectivity index (χ1) is 13.2. The lowest BCUT2D eigenvalue weighted by Gasteiger charge is -2.24. The summed E-state index contributed by atoms with van der Waals surface area (Å²) < 4.78 is 0. The lowest BCUT2D eigenvalue weighted by molar-refractivity contribution is -0.133. The molecular formula is C24H25NO2. The molecule has 0 radical (unpaired) electrons. The van der Waals surface area contributed by atoms with Crippen molar-refractivity contribution in [2.45, 2.75) is 32.0 Å². The van der Waals surface area contributed by atoms with E-state index in [1.165, 1.54) is 0 Å². The minimum Gasteiger partial charge on any atom is -0.388 e. The predicted octanol–water partition coefficient (Wildman–Crippen LogP) is 4.73. The van der Waals surface area contributed by atoms with Crippen molar-refractivity contribution in [3.8, 4) is 0 Å². The maximum absolute atomic E-state index is 12.9. The van der Waals surface area contributed by atoms with E-state index >= 15 is 0 Å². The molecule has 1 atom stereocenters. The highest BCUT2D eigenvalue weighted by Crippen LogP contribution is 2.19. The number of hydrogen-bond acceptors (Lipinski definition) is 2. The number of nitrogens with zero attached hydrogens (tertiary/aromatic N) is 1. The molecule has 0 bridgehead atoms. The highest BCUT2D eigenvalue weighted by Gasteiger charge is 2.17. The van der Waals surface area contributed by atoms with Crippen LogP contribution in [0.5, 0.6) is 0 Å². The Kier molecular flexibility index (Phi) is 6.78. The van der Waals surface area contributed by atoms with Crippen molar-refractivity contribution >= 4 is 5.91 Å². The summed E-state index contributed by atoms with van der Waals surface area (Å²) in [6.07, 6.45) is 0.115. The lowest BCUT2D eigenvalue weighted by Crippen LogP contribution is -2.30. The molecule has 3 aromatic rings. The fraction of sp³-hybridized carbons (Fsp3) is 0.208. The van der Waals surface area contributed by atoms with Crippen LogP contribution in [-0.4, -0.2) is 15.9 Å². The molecule has 0 saturated heterocycles. The standard InChI is InChI=1S/C24H25NO2/c26-23(22-14-8-3-9-15-22)16-17-24(27)25(18-20-10-4-1-5-11-20)19-21-12-6-2-7-13-21/h1-15,23,26H,16-19H2/t23-/m0/s1. The zero-order valence-electron chi connectivity index (χ0n) is 15.4. The third kappa shape index (κ3) is 5.80. The van der Waals surface area contributed by atoms with Gasteiger partial charge in [-0.25, -0.2) is 0 Å². The topological polar surface area (TPSA) is 40.5 Å². The molecule has 0 aliphatic heterocycles. The van der Waals surface area contributed by atoms with E-state index in [2.05, 4.69) is 0 Å².